The summed E-state index contributed by atoms with van der Waals surface area (Å²) in [7, 11) is -3.01. The third-order valence-corrected chi connectivity index (χ3v) is 13.8. The Morgan fingerprint density at radius 3 is 2.54 bits per heavy atom. The van der Waals surface area contributed by atoms with Crippen LogP contribution in [0.5, 0.6) is 0 Å². The van der Waals surface area contributed by atoms with E-state index >= 15 is 4.79 Å². The summed E-state index contributed by atoms with van der Waals surface area (Å²) < 4.78 is 7.01. The molecule has 2 fully saturated rings. The Morgan fingerprint density at radius 2 is 1.82 bits per heavy atom. The van der Waals surface area contributed by atoms with Crippen LogP contribution >= 0.6 is 0 Å². The number of amides is 3. The highest BCUT2D eigenvalue weighted by Crippen LogP contribution is 2.60. The van der Waals surface area contributed by atoms with E-state index in [4.69, 9.17) is 4.74 Å². The van der Waals surface area contributed by atoms with Crippen LogP contribution in [0.25, 0.3) is 0 Å². The molecule has 0 radical (unpaired) electrons. The molecule has 268 valence electrons. The van der Waals surface area contributed by atoms with Crippen molar-refractivity contribution in [1.82, 2.24) is 4.90 Å². The molecule has 10 heteroatoms. The number of anilines is 3. The van der Waals surface area contributed by atoms with E-state index in [9.17, 15) is 19.5 Å². The van der Waals surface area contributed by atoms with Crippen molar-refractivity contribution in [2.45, 2.75) is 109 Å². The molecule has 4 aliphatic rings. The molecule has 2 aromatic carbocycles. The van der Waals surface area contributed by atoms with Gasteiger partial charge < -0.3 is 24.4 Å². The van der Waals surface area contributed by atoms with E-state index in [0.717, 1.165) is 42.6 Å². The largest absolute Gasteiger partial charge is 0.432 e. The molecule has 4 aliphatic heterocycles. The highest BCUT2D eigenvalue weighted by atomic mass is 28.4. The van der Waals surface area contributed by atoms with Gasteiger partial charge in [-0.25, -0.2) is 0 Å². The number of carbonyl (C=O) groups excluding carboxylic acids is 3. The second-order valence-corrected chi connectivity index (χ2v) is 19.4. The minimum absolute atomic E-state index is 0.0107. The molecule has 0 bridgehead atoms. The molecule has 4 heterocycles. The molecule has 9 nitrogen and oxygen atoms in total. The van der Waals surface area contributed by atoms with E-state index in [2.05, 4.69) is 32.9 Å². The Hall–Kier alpha value is -3.57. The van der Waals surface area contributed by atoms with Gasteiger partial charge in [-0.2, -0.15) is 0 Å². The molecule has 1 spiro atoms. The van der Waals surface area contributed by atoms with Gasteiger partial charge >= 0.3 is 0 Å². The van der Waals surface area contributed by atoms with Crippen LogP contribution in [0.1, 0.15) is 77.3 Å². The fraction of sp³-hybridized carbons (Fsp3) is 0.525. The second kappa shape index (κ2) is 14.2. The number of hydrogen-bond donors (Lipinski definition) is 2. The van der Waals surface area contributed by atoms with Gasteiger partial charge in [-0.3, -0.25) is 19.3 Å². The number of aliphatic hydroxyl groups excluding tert-OH is 1. The van der Waals surface area contributed by atoms with Crippen molar-refractivity contribution in [3.8, 4) is 0 Å². The Labute approximate surface area is 297 Å². The number of aliphatic hydroxyl groups is 1. The second-order valence-electron chi connectivity index (χ2n) is 15.5. The monoisotopic (exact) mass is 699 g/mol. The van der Waals surface area contributed by atoms with Gasteiger partial charge in [0.2, 0.25) is 11.8 Å². The third-order valence-electron chi connectivity index (χ3n) is 11.3. The zero-order chi connectivity index (χ0) is 36.0. The van der Waals surface area contributed by atoms with Gasteiger partial charge in [-0.1, -0.05) is 48.4 Å². The molecular weight excluding hydrogens is 647 g/mol. The van der Waals surface area contributed by atoms with Gasteiger partial charge in [0.1, 0.15) is 0 Å². The predicted molar refractivity (Wildman–Crippen MR) is 199 cm³/mol. The number of ether oxygens (including phenoxy) is 1. The zero-order valence-electron chi connectivity index (χ0n) is 30.4. The van der Waals surface area contributed by atoms with Crippen molar-refractivity contribution in [3.63, 3.8) is 0 Å². The average molecular weight is 700 g/mol. The number of allylic oxidation sites excluding steroid dienone is 3. The van der Waals surface area contributed by atoms with Crippen LogP contribution in [0.4, 0.5) is 17.1 Å². The van der Waals surface area contributed by atoms with Gasteiger partial charge in [0.05, 0.1) is 36.5 Å². The van der Waals surface area contributed by atoms with Crippen LogP contribution in [-0.4, -0.2) is 72.7 Å². The Bertz CT molecular complexity index is 1710. The van der Waals surface area contributed by atoms with E-state index in [1.807, 2.05) is 62.5 Å². The molecule has 6 rings (SSSR count). The Balaban J connectivity index is 1.43. The summed E-state index contributed by atoms with van der Waals surface area (Å²) in [4.78, 5) is 59.4. The maximum atomic E-state index is 15.0. The molecule has 2 aromatic rings. The lowest BCUT2D eigenvalue weighted by atomic mass is 9.82. The molecule has 5 atom stereocenters. The topological polar surface area (TPSA) is 111 Å². The highest BCUT2D eigenvalue weighted by molar-refractivity contribution is 6.71. The summed E-state index contributed by atoms with van der Waals surface area (Å²) in [5.74, 6) is -0.787. The molecule has 0 aromatic heterocycles. The van der Waals surface area contributed by atoms with Crippen LogP contribution in [0.15, 0.2) is 65.8 Å². The summed E-state index contributed by atoms with van der Waals surface area (Å²) >= 11 is 0. The minimum atomic E-state index is -3.01. The quantitative estimate of drug-likeness (QED) is 0.216. The van der Waals surface area contributed by atoms with Crippen LogP contribution in [-0.2, 0) is 31.1 Å². The first-order valence-corrected chi connectivity index (χ1v) is 21.3. The van der Waals surface area contributed by atoms with Crippen molar-refractivity contribution in [2.24, 2.45) is 5.92 Å². The maximum Gasteiger partial charge on any atom is 0.264 e. The lowest BCUT2D eigenvalue weighted by Gasteiger charge is -2.33. The van der Waals surface area contributed by atoms with Gasteiger partial charge in [0, 0.05) is 42.2 Å². The van der Waals surface area contributed by atoms with Crippen molar-refractivity contribution < 1.29 is 29.0 Å². The van der Waals surface area contributed by atoms with E-state index < -0.39 is 31.5 Å². The number of rotatable bonds is 10. The summed E-state index contributed by atoms with van der Waals surface area (Å²) in [6.07, 6.45) is 8.09. The molecule has 2 saturated heterocycles. The van der Waals surface area contributed by atoms with E-state index in [0.29, 0.717) is 37.2 Å². The summed E-state index contributed by atoms with van der Waals surface area (Å²) in [6.45, 7) is 12.8. The number of aryl methyl sites for hydroxylation is 1. The smallest absolute Gasteiger partial charge is 0.264 e. The zero-order valence-corrected chi connectivity index (χ0v) is 31.4. The Kier molecular flexibility index (Phi) is 10.3. The fourth-order valence-corrected chi connectivity index (χ4v) is 11.4. The van der Waals surface area contributed by atoms with Gasteiger partial charge in [-0.05, 0) is 95.8 Å². The van der Waals surface area contributed by atoms with Gasteiger partial charge in [0.25, 0.3) is 5.91 Å². The summed E-state index contributed by atoms with van der Waals surface area (Å²) in [5, 5.41) is 9.94. The molecular formula is C40H53N3O6Si. The molecule has 2 N–H and O–H groups in total. The number of likely N-dealkylation sites (tertiary alicyclic amines) is 1. The normalized spacial score (nSPS) is 26.6. The third kappa shape index (κ3) is 6.51. The maximum absolute atomic E-state index is 15.0. The van der Waals surface area contributed by atoms with Crippen molar-refractivity contribution in [3.05, 3.63) is 76.9 Å². The number of hydrogen-bond acceptors (Lipinski definition) is 6. The lowest BCUT2D eigenvalue weighted by Crippen LogP contribution is -2.46. The van der Waals surface area contributed by atoms with Crippen LogP contribution in [0.2, 0.25) is 18.6 Å². The number of fused-ring (bicyclic) bond motifs is 3. The molecule has 3 amide bonds. The first kappa shape index (κ1) is 36.2. The fourth-order valence-electron chi connectivity index (χ4n) is 8.88. The highest BCUT2D eigenvalue weighted by Gasteiger charge is 2.66. The molecule has 0 aliphatic carbocycles. The van der Waals surface area contributed by atoms with Crippen molar-refractivity contribution in [2.75, 3.05) is 29.5 Å². The summed E-state index contributed by atoms with van der Waals surface area (Å²) in [6, 6.07) is 13.5. The molecule has 0 unspecified atom stereocenters. The van der Waals surface area contributed by atoms with E-state index in [1.165, 1.54) is 11.1 Å². The van der Waals surface area contributed by atoms with E-state index in [-0.39, 0.29) is 36.8 Å². The lowest BCUT2D eigenvalue weighted by molar-refractivity contribution is -0.149. The molecule has 0 saturated carbocycles. The van der Waals surface area contributed by atoms with E-state index in [1.54, 1.807) is 14.7 Å². The number of carbonyl (C=O) groups is 3. The SMILES string of the molecule is CC(C)=CCC/C(C)=C/CN1C(=O)[C@@]2(O[C@@H](CC(=O)N3CCC[C@H]3CO)[C@H]([Si](C)(C)O)[C@H]2C)c2cc(N3C(=O)CCc4ccccc43)ccc21. The van der Waals surface area contributed by atoms with Crippen LogP contribution in [0, 0.1) is 5.92 Å². The molecule has 50 heavy (non-hydrogen) atoms. The van der Waals surface area contributed by atoms with Gasteiger partial charge in [-0.15, -0.1) is 0 Å². The number of para-hydroxylation sites is 1. The minimum Gasteiger partial charge on any atom is -0.432 e. The van der Waals surface area contributed by atoms with Crippen molar-refractivity contribution in [1.29, 1.82) is 0 Å². The first-order valence-electron chi connectivity index (χ1n) is 18.2. The number of benzene rings is 2. The van der Waals surface area contributed by atoms with Crippen LogP contribution < -0.4 is 9.80 Å². The number of nitrogens with zero attached hydrogens (tertiary/aromatic N) is 3. The average Bonchev–Trinajstić information content (AvgIpc) is 3.73. The predicted octanol–water partition coefficient (Wildman–Crippen LogP) is 6.51. The van der Waals surface area contributed by atoms with Crippen LogP contribution in [0.3, 0.4) is 0 Å². The Morgan fingerprint density at radius 1 is 1.06 bits per heavy atom. The van der Waals surface area contributed by atoms with Crippen molar-refractivity contribution >= 4 is 43.1 Å². The summed E-state index contributed by atoms with van der Waals surface area (Å²) in [5.41, 5.74) is 4.58. The first-order chi connectivity index (χ1) is 23.8. The van der Waals surface area contributed by atoms with Gasteiger partial charge in [0.15, 0.2) is 13.9 Å². The standard InChI is InChI=1S/C40H53N3O6Si/c1-26(2)11-9-12-27(3)20-22-42-34-18-17-30(43-33-15-8-7-13-29(33)16-19-36(43)45)23-32(34)40(39(42)47)28(4)38(50(5,6)48)35(49-40)24-37(46)41-21-10-14-31(41)25-44/h7-8,11,13,15,17-18,20,23,28,31,35,38,44,48H,9-10,12,14,16,19,21-22,24-25H2,1-6H3/b27-20+/t28-,31+,35+,38-,40+/m1/s1.